The van der Waals surface area contributed by atoms with Gasteiger partial charge in [-0.25, -0.2) is 0 Å². The van der Waals surface area contributed by atoms with Crippen LogP contribution in [-0.4, -0.2) is 35.6 Å². The molecule has 0 bridgehead atoms. The van der Waals surface area contributed by atoms with Gasteiger partial charge in [0.1, 0.15) is 0 Å². The van der Waals surface area contributed by atoms with Crippen molar-refractivity contribution in [3.8, 4) is 0 Å². The van der Waals surface area contributed by atoms with Crippen LogP contribution in [0.4, 0.5) is 11.4 Å². The SMILES string of the molecule is CC(=O)N(C)c1ccc(NC(=O)c2ccc(CN3C(=O)c4ccccc4C3=O)cc2)cc1. The van der Waals surface area contributed by atoms with Crippen molar-refractivity contribution in [3.05, 3.63) is 95.1 Å². The fourth-order valence-electron chi connectivity index (χ4n) is 3.48. The van der Waals surface area contributed by atoms with Crippen LogP contribution in [0.3, 0.4) is 0 Å². The molecule has 0 unspecified atom stereocenters. The maximum absolute atomic E-state index is 12.6. The first-order valence-electron chi connectivity index (χ1n) is 10.0. The van der Waals surface area contributed by atoms with Crippen LogP contribution < -0.4 is 10.2 Å². The monoisotopic (exact) mass is 427 g/mol. The van der Waals surface area contributed by atoms with Gasteiger partial charge in [0.25, 0.3) is 17.7 Å². The number of nitrogens with zero attached hydrogens (tertiary/aromatic N) is 2. The van der Waals surface area contributed by atoms with Crippen LogP contribution in [0.1, 0.15) is 43.6 Å². The van der Waals surface area contributed by atoms with Gasteiger partial charge in [-0.3, -0.25) is 24.1 Å². The van der Waals surface area contributed by atoms with Crippen molar-refractivity contribution in [1.82, 2.24) is 4.90 Å². The van der Waals surface area contributed by atoms with Crippen LogP contribution >= 0.6 is 0 Å². The zero-order chi connectivity index (χ0) is 22.8. The van der Waals surface area contributed by atoms with Gasteiger partial charge >= 0.3 is 0 Å². The molecule has 7 nitrogen and oxygen atoms in total. The summed E-state index contributed by atoms with van der Waals surface area (Å²) in [6, 6.07) is 20.5. The first-order chi connectivity index (χ1) is 15.3. The average molecular weight is 427 g/mol. The Balaban J connectivity index is 1.41. The highest BCUT2D eigenvalue weighted by Gasteiger charge is 2.34. The summed E-state index contributed by atoms with van der Waals surface area (Å²) in [5.41, 5.74) is 3.34. The van der Waals surface area contributed by atoms with E-state index in [0.29, 0.717) is 22.4 Å². The minimum absolute atomic E-state index is 0.0805. The molecule has 7 heteroatoms. The van der Waals surface area contributed by atoms with E-state index < -0.39 is 0 Å². The molecule has 0 spiro atoms. The fraction of sp³-hybridized carbons (Fsp3) is 0.120. The predicted molar refractivity (Wildman–Crippen MR) is 121 cm³/mol. The molecule has 160 valence electrons. The number of fused-ring (bicyclic) bond motifs is 1. The van der Waals surface area contributed by atoms with E-state index in [9.17, 15) is 19.2 Å². The molecule has 1 heterocycles. The van der Waals surface area contributed by atoms with E-state index in [1.54, 1.807) is 79.8 Å². The van der Waals surface area contributed by atoms with Crippen LogP contribution in [0.5, 0.6) is 0 Å². The Bertz CT molecular complexity index is 1180. The van der Waals surface area contributed by atoms with Gasteiger partial charge in [0.15, 0.2) is 0 Å². The number of anilines is 2. The summed E-state index contributed by atoms with van der Waals surface area (Å²) < 4.78 is 0. The van der Waals surface area contributed by atoms with E-state index in [0.717, 1.165) is 11.3 Å². The van der Waals surface area contributed by atoms with Gasteiger partial charge in [-0.05, 0) is 54.1 Å². The molecule has 4 amide bonds. The minimum atomic E-state index is -0.314. The van der Waals surface area contributed by atoms with Crippen molar-refractivity contribution in [2.24, 2.45) is 0 Å². The predicted octanol–water partition coefficient (Wildman–Crippen LogP) is 3.72. The second-order valence-corrected chi connectivity index (χ2v) is 7.52. The number of benzene rings is 3. The van der Waals surface area contributed by atoms with Gasteiger partial charge in [0.2, 0.25) is 5.91 Å². The molecular weight excluding hydrogens is 406 g/mol. The molecule has 0 saturated heterocycles. The highest BCUT2D eigenvalue weighted by atomic mass is 16.2. The number of hydrogen-bond donors (Lipinski definition) is 1. The van der Waals surface area contributed by atoms with Gasteiger partial charge in [-0.15, -0.1) is 0 Å². The highest BCUT2D eigenvalue weighted by molar-refractivity contribution is 6.21. The molecule has 1 N–H and O–H groups in total. The van der Waals surface area contributed by atoms with Crippen LogP contribution in [-0.2, 0) is 11.3 Å². The first kappa shape index (κ1) is 21.0. The quantitative estimate of drug-likeness (QED) is 0.629. The Labute approximate surface area is 185 Å². The summed E-state index contributed by atoms with van der Waals surface area (Å²) in [6.45, 7) is 1.62. The van der Waals surface area contributed by atoms with E-state index in [1.165, 1.54) is 16.7 Å². The average Bonchev–Trinajstić information content (AvgIpc) is 3.04. The lowest BCUT2D eigenvalue weighted by molar-refractivity contribution is -0.116. The molecular formula is C25H21N3O4. The third-order valence-corrected chi connectivity index (χ3v) is 5.42. The lowest BCUT2D eigenvalue weighted by Crippen LogP contribution is -2.29. The zero-order valence-electron chi connectivity index (χ0n) is 17.7. The Hall–Kier alpha value is -4.26. The summed E-state index contributed by atoms with van der Waals surface area (Å²) >= 11 is 0. The van der Waals surface area contributed by atoms with Crippen molar-refractivity contribution >= 4 is 35.0 Å². The van der Waals surface area contributed by atoms with E-state index >= 15 is 0 Å². The van der Waals surface area contributed by atoms with Crippen molar-refractivity contribution in [2.75, 3.05) is 17.3 Å². The third kappa shape index (κ3) is 4.00. The molecule has 1 aliphatic rings. The van der Waals surface area contributed by atoms with Crippen LogP contribution in [0.15, 0.2) is 72.8 Å². The van der Waals surface area contributed by atoms with E-state index in [4.69, 9.17) is 0 Å². The second-order valence-electron chi connectivity index (χ2n) is 7.52. The molecule has 1 aliphatic heterocycles. The maximum Gasteiger partial charge on any atom is 0.261 e. The molecule has 3 aromatic rings. The van der Waals surface area contributed by atoms with Gasteiger partial charge in [-0.1, -0.05) is 24.3 Å². The molecule has 0 atom stereocenters. The first-order valence-corrected chi connectivity index (χ1v) is 10.0. The van der Waals surface area contributed by atoms with E-state index in [1.807, 2.05) is 0 Å². The minimum Gasteiger partial charge on any atom is -0.322 e. The van der Waals surface area contributed by atoms with Gasteiger partial charge < -0.3 is 10.2 Å². The third-order valence-electron chi connectivity index (χ3n) is 5.42. The van der Waals surface area contributed by atoms with Gasteiger partial charge in [0, 0.05) is 30.9 Å². The zero-order valence-corrected chi connectivity index (χ0v) is 17.7. The lowest BCUT2D eigenvalue weighted by atomic mass is 10.1. The Morgan fingerprint density at radius 1 is 0.844 bits per heavy atom. The summed E-state index contributed by atoms with van der Waals surface area (Å²) in [5, 5.41) is 2.81. The summed E-state index contributed by atoms with van der Waals surface area (Å²) in [6.07, 6.45) is 0. The topological polar surface area (TPSA) is 86.8 Å². The van der Waals surface area contributed by atoms with E-state index in [2.05, 4.69) is 5.32 Å². The number of imide groups is 1. The molecule has 4 rings (SSSR count). The lowest BCUT2D eigenvalue weighted by Gasteiger charge is -2.15. The highest BCUT2D eigenvalue weighted by Crippen LogP contribution is 2.24. The fourth-order valence-corrected chi connectivity index (χ4v) is 3.48. The number of amides is 4. The molecule has 0 fully saturated rings. The largest absolute Gasteiger partial charge is 0.322 e. The van der Waals surface area contributed by atoms with Crippen LogP contribution in [0.25, 0.3) is 0 Å². The molecule has 0 radical (unpaired) electrons. The Kier molecular flexibility index (Phi) is 5.55. The maximum atomic E-state index is 12.6. The van der Waals surface area contributed by atoms with Crippen molar-refractivity contribution < 1.29 is 19.2 Å². The normalized spacial score (nSPS) is 12.5. The molecule has 3 aromatic carbocycles. The molecule has 0 saturated carbocycles. The number of carbonyl (C=O) groups excluding carboxylic acids is 4. The van der Waals surface area contributed by atoms with Gasteiger partial charge in [-0.2, -0.15) is 0 Å². The smallest absolute Gasteiger partial charge is 0.261 e. The van der Waals surface area contributed by atoms with Crippen LogP contribution in [0.2, 0.25) is 0 Å². The number of nitrogens with one attached hydrogen (secondary N) is 1. The summed E-state index contributed by atoms with van der Waals surface area (Å²) in [5.74, 6) is -0.995. The Morgan fingerprint density at radius 2 is 1.41 bits per heavy atom. The van der Waals surface area contributed by atoms with E-state index in [-0.39, 0.29) is 30.2 Å². The standard InChI is InChI=1S/C25H21N3O4/c1-16(29)27(2)20-13-11-19(12-14-20)26-23(30)18-9-7-17(8-10-18)15-28-24(31)21-5-3-4-6-22(21)25(28)32/h3-14H,15H2,1-2H3,(H,26,30). The number of hydrogen-bond acceptors (Lipinski definition) is 4. The molecule has 0 aliphatic carbocycles. The Morgan fingerprint density at radius 3 is 1.94 bits per heavy atom. The van der Waals surface area contributed by atoms with Gasteiger partial charge in [0.05, 0.1) is 17.7 Å². The number of carbonyl (C=O) groups is 4. The summed E-state index contributed by atoms with van der Waals surface area (Å²) in [7, 11) is 1.68. The molecule has 32 heavy (non-hydrogen) atoms. The molecule has 0 aromatic heterocycles. The van der Waals surface area contributed by atoms with Crippen molar-refractivity contribution in [1.29, 1.82) is 0 Å². The van der Waals surface area contributed by atoms with Crippen molar-refractivity contribution in [3.63, 3.8) is 0 Å². The van der Waals surface area contributed by atoms with Crippen molar-refractivity contribution in [2.45, 2.75) is 13.5 Å². The van der Waals surface area contributed by atoms with Crippen LogP contribution in [0, 0.1) is 0 Å². The summed E-state index contributed by atoms with van der Waals surface area (Å²) in [4.78, 5) is 51.7. The number of rotatable bonds is 5. The second kappa shape index (κ2) is 8.47.